The molecule has 0 radical (unpaired) electrons. The number of aliphatic carboxylic acids is 1. The highest BCUT2D eigenvalue weighted by Crippen LogP contribution is 2.18. The van der Waals surface area contributed by atoms with Crippen LogP contribution >= 0.6 is 0 Å². The van der Waals surface area contributed by atoms with Gasteiger partial charge in [-0.3, -0.25) is 4.79 Å². The molecule has 0 saturated carbocycles. The van der Waals surface area contributed by atoms with Crippen molar-refractivity contribution in [2.45, 2.75) is 32.2 Å². The fourth-order valence-corrected chi connectivity index (χ4v) is 1.92. The van der Waals surface area contributed by atoms with Crippen molar-refractivity contribution < 1.29 is 14.7 Å². The van der Waals surface area contributed by atoms with E-state index in [2.05, 4.69) is 10.6 Å². The molecule has 1 unspecified atom stereocenters. The number of carbonyl (C=O) groups is 2. The number of amides is 2. The second-order valence-corrected chi connectivity index (χ2v) is 4.65. The van der Waals surface area contributed by atoms with Gasteiger partial charge in [-0.25, -0.2) is 4.79 Å². The summed E-state index contributed by atoms with van der Waals surface area (Å²) in [6, 6.07) is 8.81. The fourth-order valence-electron chi connectivity index (χ4n) is 1.92. The van der Waals surface area contributed by atoms with Gasteiger partial charge in [-0.2, -0.15) is 0 Å². The summed E-state index contributed by atoms with van der Waals surface area (Å²) in [5.41, 5.74) is 0.905. The molecule has 0 aliphatic carbocycles. The molecule has 0 aromatic heterocycles. The van der Waals surface area contributed by atoms with Gasteiger partial charge >= 0.3 is 12.0 Å². The largest absolute Gasteiger partial charge is 0.481 e. The smallest absolute Gasteiger partial charge is 0.315 e. The van der Waals surface area contributed by atoms with Gasteiger partial charge in [0.2, 0.25) is 0 Å². The molecular formula is C16H22N2O3. The van der Waals surface area contributed by atoms with Crippen molar-refractivity contribution in [3.05, 3.63) is 48.0 Å². The molecule has 0 bridgehead atoms. The second kappa shape index (κ2) is 9.58. The van der Waals surface area contributed by atoms with E-state index in [-0.39, 0.29) is 18.5 Å². The first-order valence-electron chi connectivity index (χ1n) is 7.05. The van der Waals surface area contributed by atoms with E-state index in [9.17, 15) is 9.59 Å². The molecule has 3 N–H and O–H groups in total. The Morgan fingerprint density at radius 1 is 1.29 bits per heavy atom. The Morgan fingerprint density at radius 3 is 2.62 bits per heavy atom. The molecule has 2 amide bonds. The van der Waals surface area contributed by atoms with E-state index in [0.717, 1.165) is 12.0 Å². The van der Waals surface area contributed by atoms with E-state index in [1.165, 1.54) is 0 Å². The number of nitrogens with one attached hydrogen (secondary N) is 2. The lowest BCUT2D eigenvalue weighted by molar-refractivity contribution is -0.137. The minimum Gasteiger partial charge on any atom is -0.481 e. The number of hydrogen-bond acceptors (Lipinski definition) is 2. The lowest BCUT2D eigenvalue weighted by Crippen LogP contribution is -2.38. The molecule has 0 spiro atoms. The molecule has 1 atom stereocenters. The van der Waals surface area contributed by atoms with Crippen LogP contribution in [0.4, 0.5) is 4.79 Å². The van der Waals surface area contributed by atoms with Crippen molar-refractivity contribution in [3.8, 4) is 0 Å². The van der Waals surface area contributed by atoms with Crippen LogP contribution in [0, 0.1) is 0 Å². The SMILES string of the molecule is C/C=C/CCNC(=O)NC(CCC(=O)O)c1ccccc1. The summed E-state index contributed by atoms with van der Waals surface area (Å²) in [6.07, 6.45) is 5.05. The second-order valence-electron chi connectivity index (χ2n) is 4.65. The first-order chi connectivity index (χ1) is 10.1. The van der Waals surface area contributed by atoms with E-state index >= 15 is 0 Å². The number of carboxylic acid groups (broad SMARTS) is 1. The summed E-state index contributed by atoms with van der Waals surface area (Å²) >= 11 is 0. The number of benzene rings is 1. The zero-order chi connectivity index (χ0) is 15.5. The zero-order valence-electron chi connectivity index (χ0n) is 12.2. The molecule has 0 saturated heterocycles. The summed E-state index contributed by atoms with van der Waals surface area (Å²) in [5.74, 6) is -0.869. The van der Waals surface area contributed by atoms with Crippen LogP contribution < -0.4 is 10.6 Å². The van der Waals surface area contributed by atoms with Crippen LogP contribution in [0.3, 0.4) is 0 Å². The van der Waals surface area contributed by atoms with Crippen molar-refractivity contribution in [1.29, 1.82) is 0 Å². The van der Waals surface area contributed by atoms with E-state index in [4.69, 9.17) is 5.11 Å². The molecule has 1 aromatic carbocycles. The highest BCUT2D eigenvalue weighted by molar-refractivity contribution is 5.74. The summed E-state index contributed by atoms with van der Waals surface area (Å²) in [4.78, 5) is 22.6. The molecule has 21 heavy (non-hydrogen) atoms. The molecule has 0 heterocycles. The Balaban J connectivity index is 2.56. The maximum atomic E-state index is 11.8. The lowest BCUT2D eigenvalue weighted by Gasteiger charge is -2.18. The Bertz CT molecular complexity index is 472. The normalized spacial score (nSPS) is 12.0. The Hall–Kier alpha value is -2.30. The minimum absolute atomic E-state index is 0.0123. The molecular weight excluding hydrogens is 268 g/mol. The number of urea groups is 1. The average molecular weight is 290 g/mol. The van der Waals surface area contributed by atoms with E-state index in [0.29, 0.717) is 13.0 Å². The Kier molecular flexibility index (Phi) is 7.64. The van der Waals surface area contributed by atoms with Gasteiger partial charge in [0, 0.05) is 13.0 Å². The van der Waals surface area contributed by atoms with Gasteiger partial charge in [-0.05, 0) is 25.3 Å². The topological polar surface area (TPSA) is 78.4 Å². The molecule has 0 aliphatic heterocycles. The van der Waals surface area contributed by atoms with Crippen LogP contribution in [-0.4, -0.2) is 23.7 Å². The van der Waals surface area contributed by atoms with Crippen LogP contribution in [0.1, 0.15) is 37.8 Å². The molecule has 1 rings (SSSR count). The fraction of sp³-hybridized carbons (Fsp3) is 0.375. The molecule has 114 valence electrons. The van der Waals surface area contributed by atoms with Crippen molar-refractivity contribution in [3.63, 3.8) is 0 Å². The Labute approximate surface area is 125 Å². The standard InChI is InChI=1S/C16H22N2O3/c1-2-3-7-12-17-16(21)18-14(10-11-15(19)20)13-8-5-4-6-9-13/h2-6,8-9,14H,7,10-12H2,1H3,(H,19,20)(H2,17,18,21)/b3-2+. The van der Waals surface area contributed by atoms with Gasteiger partial charge in [0.25, 0.3) is 0 Å². The highest BCUT2D eigenvalue weighted by Gasteiger charge is 2.15. The average Bonchev–Trinajstić information content (AvgIpc) is 2.48. The quantitative estimate of drug-likeness (QED) is 0.509. The summed E-state index contributed by atoms with van der Waals surface area (Å²) in [7, 11) is 0. The zero-order valence-corrected chi connectivity index (χ0v) is 12.2. The van der Waals surface area contributed by atoms with Gasteiger partial charge < -0.3 is 15.7 Å². The first kappa shape index (κ1) is 16.8. The van der Waals surface area contributed by atoms with Crippen LogP contribution in [0.15, 0.2) is 42.5 Å². The molecule has 5 nitrogen and oxygen atoms in total. The highest BCUT2D eigenvalue weighted by atomic mass is 16.4. The maximum absolute atomic E-state index is 11.8. The lowest BCUT2D eigenvalue weighted by atomic mass is 10.0. The van der Waals surface area contributed by atoms with Gasteiger partial charge in [0.15, 0.2) is 0 Å². The van der Waals surface area contributed by atoms with Crippen molar-refractivity contribution in [1.82, 2.24) is 10.6 Å². The van der Waals surface area contributed by atoms with E-state index < -0.39 is 5.97 Å². The number of carbonyl (C=O) groups excluding carboxylic acids is 1. The number of rotatable bonds is 8. The summed E-state index contributed by atoms with van der Waals surface area (Å²) in [5, 5.41) is 14.4. The number of hydrogen-bond donors (Lipinski definition) is 3. The summed E-state index contributed by atoms with van der Waals surface area (Å²) < 4.78 is 0. The van der Waals surface area contributed by atoms with E-state index in [1.54, 1.807) is 0 Å². The third-order valence-corrected chi connectivity index (χ3v) is 2.99. The van der Waals surface area contributed by atoms with Crippen molar-refractivity contribution >= 4 is 12.0 Å². The minimum atomic E-state index is -0.869. The number of carboxylic acids is 1. The van der Waals surface area contributed by atoms with Gasteiger partial charge in [-0.1, -0.05) is 42.5 Å². The van der Waals surface area contributed by atoms with Crippen molar-refractivity contribution in [2.75, 3.05) is 6.54 Å². The van der Waals surface area contributed by atoms with Crippen LogP contribution in [0.2, 0.25) is 0 Å². The Morgan fingerprint density at radius 2 is 2.00 bits per heavy atom. The van der Waals surface area contributed by atoms with Gasteiger partial charge in [0.1, 0.15) is 0 Å². The monoisotopic (exact) mass is 290 g/mol. The van der Waals surface area contributed by atoms with Gasteiger partial charge in [-0.15, -0.1) is 0 Å². The number of allylic oxidation sites excluding steroid dienone is 1. The molecule has 5 heteroatoms. The van der Waals surface area contributed by atoms with E-state index in [1.807, 2.05) is 49.4 Å². The van der Waals surface area contributed by atoms with Crippen LogP contribution in [0.5, 0.6) is 0 Å². The van der Waals surface area contributed by atoms with Crippen molar-refractivity contribution in [2.24, 2.45) is 0 Å². The molecule has 1 aromatic rings. The predicted octanol–water partition coefficient (Wildman–Crippen LogP) is 2.86. The molecule has 0 aliphatic rings. The van der Waals surface area contributed by atoms with Crippen LogP contribution in [0.25, 0.3) is 0 Å². The maximum Gasteiger partial charge on any atom is 0.315 e. The molecule has 0 fully saturated rings. The predicted molar refractivity (Wildman–Crippen MR) is 82.0 cm³/mol. The third-order valence-electron chi connectivity index (χ3n) is 2.99. The van der Waals surface area contributed by atoms with Crippen LogP contribution in [-0.2, 0) is 4.79 Å². The third kappa shape index (κ3) is 7.15. The summed E-state index contributed by atoms with van der Waals surface area (Å²) in [6.45, 7) is 2.48. The first-order valence-corrected chi connectivity index (χ1v) is 7.05. The van der Waals surface area contributed by atoms with Gasteiger partial charge in [0.05, 0.1) is 6.04 Å².